The molecule has 0 spiro atoms. The fourth-order valence-electron chi connectivity index (χ4n) is 6.11. The number of nitrogens with zero attached hydrogens (tertiary/aromatic N) is 5. The van der Waals surface area contributed by atoms with Crippen molar-refractivity contribution in [2.24, 2.45) is 0 Å². The van der Waals surface area contributed by atoms with Crippen molar-refractivity contribution >= 4 is 28.9 Å². The molecule has 0 radical (unpaired) electrons. The number of rotatable bonds is 8. The maximum absolute atomic E-state index is 14.3. The number of hydrogen-bond acceptors (Lipinski definition) is 6. The zero-order valence-corrected chi connectivity index (χ0v) is 26.0. The molecule has 4 heterocycles. The first-order valence-corrected chi connectivity index (χ1v) is 15.6. The molecule has 7 rings (SSSR count). The Balaban J connectivity index is 1.17. The number of carbonyl (C=O) groups is 1. The lowest BCUT2D eigenvalue weighted by Crippen LogP contribution is -2.27. The number of pyridine rings is 1. The van der Waals surface area contributed by atoms with Gasteiger partial charge in [0.25, 0.3) is 5.91 Å². The van der Waals surface area contributed by atoms with E-state index < -0.39 is 17.5 Å². The van der Waals surface area contributed by atoms with Gasteiger partial charge in [-0.3, -0.25) is 9.20 Å². The minimum atomic E-state index is -1.19. The van der Waals surface area contributed by atoms with Gasteiger partial charge in [-0.1, -0.05) is 36.4 Å². The second-order valence-electron chi connectivity index (χ2n) is 12.0. The number of carbonyl (C=O) groups excluding carboxylic acids is 1. The van der Waals surface area contributed by atoms with E-state index in [9.17, 15) is 13.6 Å². The summed E-state index contributed by atoms with van der Waals surface area (Å²) >= 11 is 0. The van der Waals surface area contributed by atoms with Gasteiger partial charge in [-0.05, 0) is 92.9 Å². The maximum Gasteiger partial charge on any atom is 0.258 e. The molecule has 1 unspecified atom stereocenters. The number of fused-ring (bicyclic) bond motifs is 1. The number of aromatic nitrogens is 4. The second-order valence-corrected chi connectivity index (χ2v) is 12.0. The number of amides is 1. The molecule has 1 aliphatic heterocycles. The summed E-state index contributed by atoms with van der Waals surface area (Å²) in [7, 11) is 0. The lowest BCUT2D eigenvalue weighted by Gasteiger charge is -2.20. The van der Waals surface area contributed by atoms with E-state index in [0.29, 0.717) is 46.2 Å². The van der Waals surface area contributed by atoms with Crippen LogP contribution in [-0.2, 0) is 0 Å². The van der Waals surface area contributed by atoms with Gasteiger partial charge in [0, 0.05) is 41.9 Å². The maximum atomic E-state index is 14.3. The predicted molar refractivity (Wildman–Crippen MR) is 180 cm³/mol. The summed E-state index contributed by atoms with van der Waals surface area (Å²) in [6.07, 6.45) is 4.78. The number of imidazole rings is 1. The van der Waals surface area contributed by atoms with Crippen LogP contribution in [0.15, 0.2) is 103 Å². The molecule has 8 nitrogen and oxygen atoms in total. The third-order valence-corrected chi connectivity index (χ3v) is 8.61. The van der Waals surface area contributed by atoms with Crippen molar-refractivity contribution < 1.29 is 13.6 Å². The first kappa shape index (κ1) is 30.2. The molecule has 0 saturated carbocycles. The number of benzene rings is 3. The van der Waals surface area contributed by atoms with Gasteiger partial charge in [-0.25, -0.2) is 23.7 Å². The Kier molecular flexibility index (Phi) is 8.17. The number of likely N-dealkylation sites (tertiary alicyclic amines) is 1. The number of nitrogens with one attached hydrogen (secondary N) is 2. The van der Waals surface area contributed by atoms with Crippen LogP contribution in [0.4, 0.5) is 26.1 Å². The Morgan fingerprint density at radius 3 is 2.55 bits per heavy atom. The van der Waals surface area contributed by atoms with Crippen LogP contribution in [0.2, 0.25) is 0 Å². The largest absolute Gasteiger partial charge is 0.324 e. The van der Waals surface area contributed by atoms with E-state index in [-0.39, 0.29) is 5.56 Å². The molecule has 1 atom stereocenters. The van der Waals surface area contributed by atoms with Gasteiger partial charge in [0.1, 0.15) is 5.65 Å². The fraction of sp³-hybridized carbons (Fsp3) is 0.189. The predicted octanol–water partition coefficient (Wildman–Crippen LogP) is 7.93. The lowest BCUT2D eigenvalue weighted by atomic mass is 9.98. The van der Waals surface area contributed by atoms with Crippen molar-refractivity contribution in [2.45, 2.75) is 32.2 Å². The van der Waals surface area contributed by atoms with Crippen LogP contribution in [-0.4, -0.2) is 49.3 Å². The van der Waals surface area contributed by atoms with E-state index in [0.717, 1.165) is 30.5 Å². The SMILES string of the molecule is CC(C)N1CCC(c2ccc(Nc3nccc(-c4c(-c5cccc(NC(=O)c6cccc(F)c6F)c5)nc5ccccn45)n3)cc2)C1. The summed E-state index contributed by atoms with van der Waals surface area (Å²) in [4.78, 5) is 29.6. The molecule has 1 saturated heterocycles. The highest BCUT2D eigenvalue weighted by atomic mass is 19.2. The van der Waals surface area contributed by atoms with Gasteiger partial charge >= 0.3 is 0 Å². The van der Waals surface area contributed by atoms with E-state index in [1.165, 1.54) is 24.1 Å². The van der Waals surface area contributed by atoms with E-state index in [1.54, 1.807) is 24.4 Å². The fourth-order valence-corrected chi connectivity index (χ4v) is 6.11. The zero-order valence-electron chi connectivity index (χ0n) is 26.0. The Morgan fingerprint density at radius 1 is 0.915 bits per heavy atom. The minimum absolute atomic E-state index is 0.379. The highest BCUT2D eigenvalue weighted by Crippen LogP contribution is 2.34. The zero-order chi connectivity index (χ0) is 32.5. The molecule has 1 fully saturated rings. The molecule has 0 bridgehead atoms. The molecular formula is C37H33F2N7O. The molecular weight excluding hydrogens is 596 g/mol. The smallest absolute Gasteiger partial charge is 0.258 e. The Labute approximate surface area is 271 Å². The Bertz CT molecular complexity index is 2080. The summed E-state index contributed by atoms with van der Waals surface area (Å²) in [5, 5.41) is 6.02. The van der Waals surface area contributed by atoms with Gasteiger partial charge in [0.05, 0.1) is 22.6 Å². The number of halogens is 2. The van der Waals surface area contributed by atoms with E-state index in [1.807, 2.05) is 40.9 Å². The first-order chi connectivity index (χ1) is 22.8. The van der Waals surface area contributed by atoms with Crippen LogP contribution in [0.25, 0.3) is 28.3 Å². The molecule has 3 aromatic heterocycles. The van der Waals surface area contributed by atoms with E-state index in [4.69, 9.17) is 9.97 Å². The Hall–Kier alpha value is -5.48. The molecule has 1 amide bonds. The molecule has 236 valence electrons. The summed E-state index contributed by atoms with van der Waals surface area (Å²) in [6.45, 7) is 6.70. The second kappa shape index (κ2) is 12.7. The molecule has 3 aromatic carbocycles. The van der Waals surface area contributed by atoms with Gasteiger partial charge in [0.2, 0.25) is 5.95 Å². The molecule has 1 aliphatic rings. The summed E-state index contributed by atoms with van der Waals surface area (Å²) in [5.41, 5.74) is 5.67. The quantitative estimate of drug-likeness (QED) is 0.178. The van der Waals surface area contributed by atoms with Crippen molar-refractivity contribution in [2.75, 3.05) is 23.7 Å². The standard InChI is InChI=1S/C37H33F2N7O/c1-23(2)45-20-17-26(22-45)24-12-14-27(15-13-24)42-37-40-18-16-31(43-37)35-34(44-32-11-3-4-19-46(32)35)25-7-5-8-28(21-25)41-36(47)29-9-6-10-30(38)33(29)39/h3-16,18-19,21,23,26H,17,20,22H2,1-2H3,(H,41,47)(H,40,42,43). The minimum Gasteiger partial charge on any atom is -0.324 e. The third-order valence-electron chi connectivity index (χ3n) is 8.61. The van der Waals surface area contributed by atoms with Crippen molar-refractivity contribution in [3.8, 4) is 22.6 Å². The summed E-state index contributed by atoms with van der Waals surface area (Å²) < 4.78 is 30.0. The highest BCUT2D eigenvalue weighted by molar-refractivity contribution is 6.04. The van der Waals surface area contributed by atoms with Crippen molar-refractivity contribution in [1.82, 2.24) is 24.3 Å². The van der Waals surface area contributed by atoms with Crippen LogP contribution in [0.1, 0.15) is 42.1 Å². The van der Waals surface area contributed by atoms with Gasteiger partial charge in [-0.15, -0.1) is 0 Å². The van der Waals surface area contributed by atoms with Crippen molar-refractivity contribution in [3.63, 3.8) is 0 Å². The number of hydrogen-bond donors (Lipinski definition) is 2. The number of anilines is 3. The van der Waals surface area contributed by atoms with Gasteiger partial charge in [-0.2, -0.15) is 0 Å². The van der Waals surface area contributed by atoms with Crippen molar-refractivity contribution in [1.29, 1.82) is 0 Å². The summed E-state index contributed by atoms with van der Waals surface area (Å²) in [6, 6.07) is 27.2. The monoisotopic (exact) mass is 629 g/mol. The molecule has 6 aromatic rings. The average molecular weight is 630 g/mol. The first-order valence-electron chi connectivity index (χ1n) is 15.6. The van der Waals surface area contributed by atoms with Crippen LogP contribution in [0, 0.1) is 11.6 Å². The van der Waals surface area contributed by atoms with E-state index in [2.05, 4.69) is 58.6 Å². The summed E-state index contributed by atoms with van der Waals surface area (Å²) in [5.74, 6) is -2.06. The molecule has 47 heavy (non-hydrogen) atoms. The van der Waals surface area contributed by atoms with Gasteiger partial charge < -0.3 is 15.5 Å². The van der Waals surface area contributed by atoms with Crippen LogP contribution < -0.4 is 10.6 Å². The normalized spacial score (nSPS) is 15.0. The molecule has 2 N–H and O–H groups in total. The third kappa shape index (κ3) is 6.19. The van der Waals surface area contributed by atoms with Crippen LogP contribution in [0.3, 0.4) is 0 Å². The highest BCUT2D eigenvalue weighted by Gasteiger charge is 2.25. The van der Waals surface area contributed by atoms with Gasteiger partial charge in [0.15, 0.2) is 11.6 Å². The Morgan fingerprint density at radius 2 is 1.74 bits per heavy atom. The topological polar surface area (TPSA) is 87.5 Å². The molecule has 10 heteroatoms. The van der Waals surface area contributed by atoms with Crippen LogP contribution in [0.5, 0.6) is 0 Å². The molecule has 0 aliphatic carbocycles. The average Bonchev–Trinajstić information content (AvgIpc) is 3.73. The lowest BCUT2D eigenvalue weighted by molar-refractivity contribution is 0.102. The van der Waals surface area contributed by atoms with Crippen molar-refractivity contribution in [3.05, 3.63) is 126 Å². The van der Waals surface area contributed by atoms with Crippen LogP contribution >= 0.6 is 0 Å². The van der Waals surface area contributed by atoms with E-state index >= 15 is 0 Å².